The van der Waals surface area contributed by atoms with Crippen LogP contribution in [0.1, 0.15) is 59.9 Å². The van der Waals surface area contributed by atoms with Gasteiger partial charge in [0.25, 0.3) is 11.8 Å². The lowest BCUT2D eigenvalue weighted by Gasteiger charge is -2.28. The highest BCUT2D eigenvalue weighted by Crippen LogP contribution is 2.26. The molecule has 0 atom stereocenters. The lowest BCUT2D eigenvalue weighted by atomic mass is 9.86. The van der Waals surface area contributed by atoms with Crippen molar-refractivity contribution in [3.63, 3.8) is 0 Å². The highest BCUT2D eigenvalue weighted by molar-refractivity contribution is 5.93. The molecule has 2 aromatic heterocycles. The van der Waals surface area contributed by atoms with Crippen molar-refractivity contribution in [3.8, 4) is 11.4 Å². The first-order chi connectivity index (χ1) is 18.7. The van der Waals surface area contributed by atoms with Crippen LogP contribution in [-0.4, -0.2) is 50.2 Å². The zero-order chi connectivity index (χ0) is 27.9. The molecule has 1 fully saturated rings. The molecular weight excluding hydrogens is 503 g/mol. The number of carbonyl (C=O) groups excluding carboxylic acids is 3. The zero-order valence-electron chi connectivity index (χ0n) is 22.4. The molecule has 10 nitrogen and oxygen atoms in total. The van der Waals surface area contributed by atoms with Crippen molar-refractivity contribution < 1.29 is 23.5 Å². The molecule has 0 aliphatic heterocycles. The van der Waals surface area contributed by atoms with Crippen LogP contribution in [0.15, 0.2) is 36.7 Å². The van der Waals surface area contributed by atoms with Crippen LogP contribution in [0.3, 0.4) is 0 Å². The fourth-order valence-electron chi connectivity index (χ4n) is 4.71. The maximum absolute atomic E-state index is 13.5. The Morgan fingerprint density at radius 2 is 1.87 bits per heavy atom. The van der Waals surface area contributed by atoms with Gasteiger partial charge >= 0.3 is 5.97 Å². The summed E-state index contributed by atoms with van der Waals surface area (Å²) in [6.07, 6.45) is 5.24. The molecule has 39 heavy (non-hydrogen) atoms. The molecule has 1 aliphatic carbocycles. The fourth-order valence-corrected chi connectivity index (χ4v) is 4.71. The van der Waals surface area contributed by atoms with E-state index < -0.39 is 5.97 Å². The molecule has 3 aromatic rings. The summed E-state index contributed by atoms with van der Waals surface area (Å²) in [6.45, 7) is 5.48. The smallest absolute Gasteiger partial charge is 0.303 e. The van der Waals surface area contributed by atoms with Crippen LogP contribution in [0.2, 0.25) is 0 Å². The van der Waals surface area contributed by atoms with Crippen LogP contribution in [-0.2, 0) is 27.4 Å². The molecule has 1 aliphatic rings. The van der Waals surface area contributed by atoms with Crippen molar-refractivity contribution in [1.29, 1.82) is 0 Å². The maximum Gasteiger partial charge on any atom is 0.303 e. The Balaban J connectivity index is 1.31. The molecule has 2 N–H and O–H groups in total. The largest absolute Gasteiger partial charge is 0.456 e. The van der Waals surface area contributed by atoms with Crippen molar-refractivity contribution in [2.45, 2.75) is 65.6 Å². The normalized spacial score (nSPS) is 16.9. The molecule has 0 unspecified atom stereocenters. The monoisotopic (exact) mass is 536 g/mol. The molecule has 1 aromatic carbocycles. The van der Waals surface area contributed by atoms with Gasteiger partial charge in [-0.2, -0.15) is 5.10 Å². The van der Waals surface area contributed by atoms with E-state index in [2.05, 4.69) is 25.7 Å². The number of ether oxygens (including phenoxy) is 1. The zero-order valence-corrected chi connectivity index (χ0v) is 22.4. The van der Waals surface area contributed by atoms with E-state index in [9.17, 15) is 18.8 Å². The van der Waals surface area contributed by atoms with Gasteiger partial charge in [-0.05, 0) is 74.8 Å². The molecule has 0 bridgehead atoms. The topological polar surface area (TPSA) is 128 Å². The summed E-state index contributed by atoms with van der Waals surface area (Å²) < 4.78 is 20.1. The highest BCUT2D eigenvalue weighted by atomic mass is 19.1. The van der Waals surface area contributed by atoms with Gasteiger partial charge in [-0.1, -0.05) is 12.1 Å². The summed E-state index contributed by atoms with van der Waals surface area (Å²) in [6, 6.07) is 8.31. The summed E-state index contributed by atoms with van der Waals surface area (Å²) in [5, 5.41) is 10.4. The first kappa shape index (κ1) is 27.9. The van der Waals surface area contributed by atoms with E-state index in [-0.39, 0.29) is 42.5 Å². The predicted molar refractivity (Wildman–Crippen MR) is 141 cm³/mol. The second-order valence-electron chi connectivity index (χ2n) is 10.0. The number of amides is 2. The fraction of sp³-hybridized carbons (Fsp3) is 0.429. The number of halogens is 1. The number of nitrogens with one attached hydrogen (secondary N) is 2. The van der Waals surface area contributed by atoms with Gasteiger partial charge < -0.3 is 15.4 Å². The number of carbonyl (C=O) groups is 3. The summed E-state index contributed by atoms with van der Waals surface area (Å²) in [5.74, 6) is -0.457. The Kier molecular flexibility index (Phi) is 9.00. The lowest BCUT2D eigenvalue weighted by Crippen LogP contribution is -2.40. The third kappa shape index (κ3) is 7.92. The van der Waals surface area contributed by atoms with Gasteiger partial charge in [0.05, 0.1) is 0 Å². The Hall–Kier alpha value is -4.15. The molecule has 4 rings (SSSR count). The minimum Gasteiger partial charge on any atom is -0.456 e. The first-order valence-corrected chi connectivity index (χ1v) is 13.0. The summed E-state index contributed by atoms with van der Waals surface area (Å²) >= 11 is 0. The molecule has 11 heteroatoms. The standard InChI is InChI=1S/C28H33FN6O4/c1-17-10-21(6-9-24(17)29)13-30-28(38)25-12-22(11-18(2)32-25)27-31-16-35(34-27)14-20-4-7-23(8-5-20)33-26(37)15-39-19(3)36/h6,9-12,16,20,23H,4-5,7-8,13-15H2,1-3H3,(H,30,38)(H,33,37)/t20-,23-. The molecule has 0 spiro atoms. The van der Waals surface area contributed by atoms with Gasteiger partial charge in [-0.25, -0.2) is 14.4 Å². The van der Waals surface area contributed by atoms with Crippen LogP contribution in [0.4, 0.5) is 4.39 Å². The highest BCUT2D eigenvalue weighted by Gasteiger charge is 2.23. The van der Waals surface area contributed by atoms with E-state index in [0.29, 0.717) is 35.1 Å². The average molecular weight is 537 g/mol. The van der Waals surface area contributed by atoms with E-state index in [1.165, 1.54) is 13.0 Å². The number of benzene rings is 1. The molecule has 0 saturated heterocycles. The Labute approximate surface area is 226 Å². The minimum absolute atomic E-state index is 0.0760. The SMILES string of the molecule is CC(=O)OCC(=O)N[C@H]1CC[C@H](Cn2cnc(-c3cc(C)nc(C(=O)NCc4ccc(F)c(C)c4)c3)n2)CC1. The van der Waals surface area contributed by atoms with Crippen LogP contribution < -0.4 is 10.6 Å². The Morgan fingerprint density at radius 3 is 2.59 bits per heavy atom. The van der Waals surface area contributed by atoms with Gasteiger partial charge in [-0.3, -0.25) is 19.1 Å². The average Bonchev–Trinajstić information content (AvgIpc) is 3.37. The van der Waals surface area contributed by atoms with E-state index in [0.717, 1.165) is 31.2 Å². The Morgan fingerprint density at radius 1 is 1.10 bits per heavy atom. The Bertz CT molecular complexity index is 1350. The predicted octanol–water partition coefficient (Wildman–Crippen LogP) is 3.26. The molecule has 0 radical (unpaired) electrons. The molecule has 2 heterocycles. The van der Waals surface area contributed by atoms with Crippen LogP contribution in [0.25, 0.3) is 11.4 Å². The van der Waals surface area contributed by atoms with Crippen molar-refractivity contribution in [2.24, 2.45) is 5.92 Å². The number of nitrogens with zero attached hydrogens (tertiary/aromatic N) is 4. The van der Waals surface area contributed by atoms with Crippen molar-refractivity contribution in [1.82, 2.24) is 30.4 Å². The number of hydrogen-bond donors (Lipinski definition) is 2. The number of aromatic nitrogens is 4. The quantitative estimate of drug-likeness (QED) is 0.402. The van der Waals surface area contributed by atoms with Gasteiger partial charge in [0.2, 0.25) is 0 Å². The number of aryl methyl sites for hydroxylation is 2. The second kappa shape index (κ2) is 12.6. The molecule has 1 saturated carbocycles. The second-order valence-corrected chi connectivity index (χ2v) is 10.0. The van der Waals surface area contributed by atoms with Crippen LogP contribution in [0.5, 0.6) is 0 Å². The van der Waals surface area contributed by atoms with Gasteiger partial charge in [-0.15, -0.1) is 0 Å². The third-order valence-electron chi connectivity index (χ3n) is 6.72. The lowest BCUT2D eigenvalue weighted by molar-refractivity contribution is -0.146. The molecular formula is C28H33FN6O4. The van der Waals surface area contributed by atoms with Crippen LogP contribution in [0, 0.1) is 25.6 Å². The van der Waals surface area contributed by atoms with Crippen LogP contribution >= 0.6 is 0 Å². The maximum atomic E-state index is 13.5. The summed E-state index contributed by atoms with van der Waals surface area (Å²) in [5.41, 5.74) is 2.95. The van der Waals surface area contributed by atoms with Gasteiger partial charge in [0, 0.05) is 37.3 Å². The summed E-state index contributed by atoms with van der Waals surface area (Å²) in [7, 11) is 0. The number of hydrogen-bond acceptors (Lipinski definition) is 7. The van der Waals surface area contributed by atoms with E-state index in [1.807, 2.05) is 17.7 Å². The molecule has 2 amide bonds. The molecule has 206 valence electrons. The number of pyridine rings is 1. The number of rotatable bonds is 9. The number of esters is 1. The first-order valence-electron chi connectivity index (χ1n) is 13.0. The van der Waals surface area contributed by atoms with E-state index in [1.54, 1.807) is 31.5 Å². The summed E-state index contributed by atoms with van der Waals surface area (Å²) in [4.78, 5) is 44.4. The van der Waals surface area contributed by atoms with Crippen molar-refractivity contribution in [3.05, 3.63) is 65.0 Å². The van der Waals surface area contributed by atoms with Crippen molar-refractivity contribution in [2.75, 3.05) is 6.61 Å². The van der Waals surface area contributed by atoms with Gasteiger partial charge in [0.1, 0.15) is 17.8 Å². The third-order valence-corrected chi connectivity index (χ3v) is 6.72. The minimum atomic E-state index is -0.473. The van der Waals surface area contributed by atoms with E-state index in [4.69, 9.17) is 4.74 Å². The van der Waals surface area contributed by atoms with E-state index >= 15 is 0 Å². The van der Waals surface area contributed by atoms with Crippen molar-refractivity contribution >= 4 is 17.8 Å². The van der Waals surface area contributed by atoms with Gasteiger partial charge in [0.15, 0.2) is 12.4 Å².